The molecule has 1 heterocycles. The molecular formula is C14H18N2O. The van der Waals surface area contributed by atoms with Crippen LogP contribution < -0.4 is 10.1 Å². The Labute approximate surface area is 102 Å². The van der Waals surface area contributed by atoms with Gasteiger partial charge in [0.05, 0.1) is 24.0 Å². The maximum atomic E-state index is 5.26. The average Bonchev–Trinajstić information content (AvgIpc) is 2.39. The van der Waals surface area contributed by atoms with Gasteiger partial charge in [0.1, 0.15) is 5.75 Å². The van der Waals surface area contributed by atoms with E-state index in [-0.39, 0.29) is 5.54 Å². The summed E-state index contributed by atoms with van der Waals surface area (Å²) in [6, 6.07) is 6.01. The first kappa shape index (κ1) is 10.6. The number of methoxy groups -OCH3 is 1. The van der Waals surface area contributed by atoms with Gasteiger partial charge in [0.25, 0.3) is 0 Å². The van der Waals surface area contributed by atoms with Crippen molar-refractivity contribution in [2.75, 3.05) is 12.4 Å². The van der Waals surface area contributed by atoms with Crippen molar-refractivity contribution in [2.45, 2.75) is 37.6 Å². The molecule has 1 saturated carbocycles. The molecule has 0 saturated heterocycles. The third kappa shape index (κ3) is 1.90. The molecular weight excluding hydrogens is 212 g/mol. The number of hydrogen-bond donors (Lipinski definition) is 1. The molecule has 0 atom stereocenters. The first-order valence-corrected chi connectivity index (χ1v) is 6.33. The van der Waals surface area contributed by atoms with Crippen LogP contribution in [0.1, 0.15) is 32.1 Å². The van der Waals surface area contributed by atoms with E-state index in [0.717, 1.165) is 17.1 Å². The minimum Gasteiger partial charge on any atom is -0.497 e. The summed E-state index contributed by atoms with van der Waals surface area (Å²) >= 11 is 0. The third-order valence-corrected chi connectivity index (χ3v) is 3.78. The number of ether oxygens (including phenoxy) is 1. The van der Waals surface area contributed by atoms with Gasteiger partial charge in [0.15, 0.2) is 0 Å². The van der Waals surface area contributed by atoms with E-state index in [1.807, 2.05) is 18.2 Å². The van der Waals surface area contributed by atoms with Crippen molar-refractivity contribution in [2.24, 2.45) is 4.99 Å². The molecule has 1 aromatic rings. The molecule has 0 bridgehead atoms. The number of nitrogens with one attached hydrogen (secondary N) is 1. The largest absolute Gasteiger partial charge is 0.497 e. The summed E-state index contributed by atoms with van der Waals surface area (Å²) in [4.78, 5) is 4.60. The van der Waals surface area contributed by atoms with Crippen molar-refractivity contribution in [1.82, 2.24) is 0 Å². The molecule has 3 heteroatoms. The second-order valence-corrected chi connectivity index (χ2v) is 4.98. The zero-order chi connectivity index (χ0) is 11.7. The van der Waals surface area contributed by atoms with Crippen molar-refractivity contribution >= 4 is 17.6 Å². The predicted octanol–water partition coefficient (Wildman–Crippen LogP) is 3.53. The van der Waals surface area contributed by atoms with E-state index in [1.54, 1.807) is 7.11 Å². The second kappa shape index (κ2) is 4.06. The molecule has 0 amide bonds. The molecule has 1 fully saturated rings. The molecule has 3 nitrogen and oxygen atoms in total. The van der Waals surface area contributed by atoms with Gasteiger partial charge in [0.2, 0.25) is 0 Å². The lowest BCUT2D eigenvalue weighted by Gasteiger charge is -2.38. The van der Waals surface area contributed by atoms with Crippen molar-refractivity contribution in [1.29, 1.82) is 0 Å². The first-order valence-electron chi connectivity index (χ1n) is 6.33. The van der Waals surface area contributed by atoms with Gasteiger partial charge < -0.3 is 10.1 Å². The minimum atomic E-state index is 0.0949. The van der Waals surface area contributed by atoms with E-state index in [0.29, 0.717) is 0 Å². The maximum absolute atomic E-state index is 5.26. The summed E-state index contributed by atoms with van der Waals surface area (Å²) < 4.78 is 5.26. The van der Waals surface area contributed by atoms with Crippen molar-refractivity contribution in [3.05, 3.63) is 18.2 Å². The van der Waals surface area contributed by atoms with Gasteiger partial charge in [-0.15, -0.1) is 0 Å². The summed E-state index contributed by atoms with van der Waals surface area (Å²) in [5.74, 6) is 0.888. The Morgan fingerprint density at radius 1 is 1.24 bits per heavy atom. The number of anilines is 1. The Morgan fingerprint density at radius 2 is 2.06 bits per heavy atom. The third-order valence-electron chi connectivity index (χ3n) is 3.78. The number of rotatable bonds is 1. The topological polar surface area (TPSA) is 33.6 Å². The van der Waals surface area contributed by atoms with E-state index in [1.165, 1.54) is 32.1 Å². The zero-order valence-corrected chi connectivity index (χ0v) is 10.2. The molecule has 17 heavy (non-hydrogen) atoms. The van der Waals surface area contributed by atoms with Gasteiger partial charge in [-0.25, -0.2) is 0 Å². The maximum Gasteiger partial charge on any atom is 0.121 e. The van der Waals surface area contributed by atoms with Crippen LogP contribution in [0.5, 0.6) is 5.75 Å². The van der Waals surface area contributed by atoms with Crippen LogP contribution >= 0.6 is 0 Å². The van der Waals surface area contributed by atoms with Crippen LogP contribution in [0, 0.1) is 0 Å². The molecule has 1 N–H and O–H groups in total. The van der Waals surface area contributed by atoms with Crippen LogP contribution in [0.2, 0.25) is 0 Å². The Bertz CT molecular complexity index is 448. The molecule has 1 aliphatic carbocycles. The Hall–Kier alpha value is -1.51. The SMILES string of the molecule is COc1ccc2c(c1)NC1(C=N2)CCCCC1. The van der Waals surface area contributed by atoms with Gasteiger partial charge in [-0.05, 0) is 25.0 Å². The van der Waals surface area contributed by atoms with E-state index in [2.05, 4.69) is 16.5 Å². The van der Waals surface area contributed by atoms with Crippen LogP contribution in [0.4, 0.5) is 11.4 Å². The molecule has 0 aromatic heterocycles. The van der Waals surface area contributed by atoms with E-state index < -0.39 is 0 Å². The quantitative estimate of drug-likeness (QED) is 0.800. The fraction of sp³-hybridized carbons (Fsp3) is 0.500. The number of aliphatic imine (C=N–C) groups is 1. The molecule has 1 spiro atoms. The van der Waals surface area contributed by atoms with Crippen LogP contribution in [-0.2, 0) is 0 Å². The highest BCUT2D eigenvalue weighted by Crippen LogP contribution is 2.39. The normalized spacial score (nSPS) is 20.8. The highest BCUT2D eigenvalue weighted by atomic mass is 16.5. The highest BCUT2D eigenvalue weighted by Gasteiger charge is 2.32. The smallest absolute Gasteiger partial charge is 0.121 e. The Kier molecular flexibility index (Phi) is 2.54. The van der Waals surface area contributed by atoms with Gasteiger partial charge in [-0.3, -0.25) is 4.99 Å². The Morgan fingerprint density at radius 3 is 2.82 bits per heavy atom. The van der Waals surface area contributed by atoms with Crippen molar-refractivity contribution in [3.63, 3.8) is 0 Å². The molecule has 1 aromatic carbocycles. The molecule has 0 unspecified atom stereocenters. The second-order valence-electron chi connectivity index (χ2n) is 4.98. The highest BCUT2D eigenvalue weighted by molar-refractivity contribution is 5.87. The number of benzene rings is 1. The average molecular weight is 230 g/mol. The lowest BCUT2D eigenvalue weighted by molar-refractivity contribution is 0.407. The number of hydrogen-bond acceptors (Lipinski definition) is 3. The fourth-order valence-corrected chi connectivity index (χ4v) is 2.79. The molecule has 1 aliphatic heterocycles. The van der Waals surface area contributed by atoms with Gasteiger partial charge in [-0.2, -0.15) is 0 Å². The monoisotopic (exact) mass is 230 g/mol. The van der Waals surface area contributed by atoms with Crippen LogP contribution in [0.25, 0.3) is 0 Å². The lowest BCUT2D eigenvalue weighted by Crippen LogP contribution is -2.43. The minimum absolute atomic E-state index is 0.0949. The van der Waals surface area contributed by atoms with Crippen LogP contribution in [-0.4, -0.2) is 18.9 Å². The lowest BCUT2D eigenvalue weighted by atomic mass is 9.81. The summed E-state index contributed by atoms with van der Waals surface area (Å²) in [7, 11) is 1.70. The number of fused-ring (bicyclic) bond motifs is 1. The summed E-state index contributed by atoms with van der Waals surface area (Å²) in [5, 5.41) is 3.66. The first-order chi connectivity index (χ1) is 8.31. The fourth-order valence-electron chi connectivity index (χ4n) is 2.79. The molecule has 2 aliphatic rings. The van der Waals surface area contributed by atoms with Crippen LogP contribution in [0.15, 0.2) is 23.2 Å². The Balaban J connectivity index is 1.92. The standard InChI is InChI=1S/C14H18N2O/c1-17-11-5-6-12-13(9-11)16-14(10-15-12)7-3-2-4-8-14/h5-6,9-10,16H,2-4,7-8H2,1H3. The summed E-state index contributed by atoms with van der Waals surface area (Å²) in [5.41, 5.74) is 2.22. The van der Waals surface area contributed by atoms with Crippen molar-refractivity contribution in [3.8, 4) is 5.75 Å². The van der Waals surface area contributed by atoms with E-state index in [4.69, 9.17) is 4.74 Å². The van der Waals surface area contributed by atoms with Gasteiger partial charge >= 0.3 is 0 Å². The zero-order valence-electron chi connectivity index (χ0n) is 10.2. The van der Waals surface area contributed by atoms with Crippen molar-refractivity contribution < 1.29 is 4.74 Å². The van der Waals surface area contributed by atoms with E-state index in [9.17, 15) is 0 Å². The molecule has 90 valence electrons. The van der Waals surface area contributed by atoms with E-state index >= 15 is 0 Å². The van der Waals surface area contributed by atoms with Crippen LogP contribution in [0.3, 0.4) is 0 Å². The van der Waals surface area contributed by atoms with Gasteiger partial charge in [0, 0.05) is 12.3 Å². The van der Waals surface area contributed by atoms with Gasteiger partial charge in [-0.1, -0.05) is 19.3 Å². The molecule has 0 radical (unpaired) electrons. The number of nitrogens with zero attached hydrogens (tertiary/aromatic N) is 1. The summed E-state index contributed by atoms with van der Waals surface area (Å²) in [6.07, 6.45) is 8.42. The molecule has 3 rings (SSSR count). The predicted molar refractivity (Wildman–Crippen MR) is 70.6 cm³/mol. The summed E-state index contributed by atoms with van der Waals surface area (Å²) in [6.45, 7) is 0.